The minimum absolute atomic E-state index is 0.265. The molecule has 0 unspecified atom stereocenters. The van der Waals surface area contributed by atoms with Gasteiger partial charge < -0.3 is 15.6 Å². The fourth-order valence-corrected chi connectivity index (χ4v) is 1.16. The summed E-state index contributed by atoms with van der Waals surface area (Å²) in [6, 6.07) is 1.48. The molecule has 2 amide bonds. The number of amides is 2. The second-order valence-corrected chi connectivity index (χ2v) is 3.15. The van der Waals surface area contributed by atoms with E-state index in [1.807, 2.05) is 0 Å². The van der Waals surface area contributed by atoms with Gasteiger partial charge in [-0.3, -0.25) is 14.4 Å². The first-order valence-corrected chi connectivity index (χ1v) is 4.86. The number of hydrogen-bond donors (Lipinski definition) is 3. The molecule has 0 fully saturated rings. The van der Waals surface area contributed by atoms with E-state index in [0.717, 1.165) is 0 Å². The standard InChI is InChI=1S/C10H13N3O3/c14-6-8-4-9(13-5-8)10(16)12-3-1-2-11-7-15/h4-7,13H,1-3H2,(H,11,15)(H,12,16). The normalized spacial score (nSPS) is 9.50. The minimum Gasteiger partial charge on any atom is -0.359 e. The van der Waals surface area contributed by atoms with Gasteiger partial charge in [0.15, 0.2) is 6.29 Å². The molecule has 0 aliphatic rings. The first-order chi connectivity index (χ1) is 7.77. The molecule has 0 aliphatic heterocycles. The van der Waals surface area contributed by atoms with Gasteiger partial charge >= 0.3 is 0 Å². The van der Waals surface area contributed by atoms with E-state index in [2.05, 4.69) is 15.6 Å². The maximum atomic E-state index is 11.5. The Morgan fingerprint density at radius 2 is 2.19 bits per heavy atom. The topological polar surface area (TPSA) is 91.1 Å². The van der Waals surface area contributed by atoms with Gasteiger partial charge in [0.05, 0.1) is 0 Å². The van der Waals surface area contributed by atoms with Crippen LogP contribution in [0.4, 0.5) is 0 Å². The molecule has 0 saturated carbocycles. The average molecular weight is 223 g/mol. The lowest BCUT2D eigenvalue weighted by Gasteiger charge is -2.02. The largest absolute Gasteiger partial charge is 0.359 e. The number of H-pyrrole nitrogens is 1. The minimum atomic E-state index is -0.265. The SMILES string of the molecule is O=CNCCCNC(=O)c1cc(C=O)c[nH]1. The Hall–Kier alpha value is -2.11. The Morgan fingerprint density at radius 3 is 2.81 bits per heavy atom. The summed E-state index contributed by atoms with van der Waals surface area (Å²) in [6.45, 7) is 0.989. The van der Waals surface area contributed by atoms with E-state index in [4.69, 9.17) is 0 Å². The third kappa shape index (κ3) is 3.56. The summed E-state index contributed by atoms with van der Waals surface area (Å²) in [4.78, 5) is 34.5. The van der Waals surface area contributed by atoms with Gasteiger partial charge in [0.1, 0.15) is 5.69 Å². The highest BCUT2D eigenvalue weighted by Gasteiger charge is 2.06. The Kier molecular flexibility index (Phi) is 4.78. The highest BCUT2D eigenvalue weighted by molar-refractivity contribution is 5.94. The second kappa shape index (κ2) is 6.39. The number of aldehydes is 1. The number of rotatable bonds is 7. The van der Waals surface area contributed by atoms with Gasteiger partial charge in [-0.15, -0.1) is 0 Å². The fraction of sp³-hybridized carbons (Fsp3) is 0.300. The molecule has 3 N–H and O–H groups in total. The lowest BCUT2D eigenvalue weighted by molar-refractivity contribution is -0.109. The number of nitrogens with one attached hydrogen (secondary N) is 3. The van der Waals surface area contributed by atoms with Crippen LogP contribution in [-0.2, 0) is 4.79 Å². The van der Waals surface area contributed by atoms with Crippen LogP contribution < -0.4 is 10.6 Å². The Labute approximate surface area is 92.4 Å². The van der Waals surface area contributed by atoms with Crippen molar-refractivity contribution in [2.24, 2.45) is 0 Å². The molecule has 16 heavy (non-hydrogen) atoms. The van der Waals surface area contributed by atoms with Gasteiger partial charge in [-0.1, -0.05) is 0 Å². The van der Waals surface area contributed by atoms with Crippen LogP contribution in [0.25, 0.3) is 0 Å². The van der Waals surface area contributed by atoms with Crippen molar-refractivity contribution >= 4 is 18.6 Å². The van der Waals surface area contributed by atoms with Crippen molar-refractivity contribution in [3.63, 3.8) is 0 Å². The summed E-state index contributed by atoms with van der Waals surface area (Å²) in [7, 11) is 0. The van der Waals surface area contributed by atoms with E-state index in [1.54, 1.807) is 0 Å². The molecule has 0 saturated heterocycles. The first-order valence-electron chi connectivity index (χ1n) is 4.86. The number of hydrogen-bond acceptors (Lipinski definition) is 3. The molecule has 0 aliphatic carbocycles. The molecule has 0 aromatic carbocycles. The Morgan fingerprint density at radius 1 is 1.38 bits per heavy atom. The zero-order chi connectivity index (χ0) is 11.8. The van der Waals surface area contributed by atoms with E-state index < -0.39 is 0 Å². The van der Waals surface area contributed by atoms with Gasteiger partial charge in [-0.25, -0.2) is 0 Å². The molecule has 1 aromatic heterocycles. The van der Waals surface area contributed by atoms with Crippen molar-refractivity contribution in [3.05, 3.63) is 23.5 Å². The van der Waals surface area contributed by atoms with Gasteiger partial charge in [0.2, 0.25) is 6.41 Å². The van der Waals surface area contributed by atoms with E-state index in [-0.39, 0.29) is 5.91 Å². The van der Waals surface area contributed by atoms with Crippen LogP contribution in [0.1, 0.15) is 27.3 Å². The third-order valence-corrected chi connectivity index (χ3v) is 1.95. The predicted octanol–water partition coefficient (Wildman–Crippen LogP) is -0.307. The average Bonchev–Trinajstić information content (AvgIpc) is 2.77. The highest BCUT2D eigenvalue weighted by atomic mass is 16.2. The number of carbonyl (C=O) groups excluding carboxylic acids is 3. The Balaban J connectivity index is 2.29. The van der Waals surface area contributed by atoms with Crippen molar-refractivity contribution in [2.75, 3.05) is 13.1 Å². The highest BCUT2D eigenvalue weighted by Crippen LogP contribution is 2.00. The molecular weight excluding hydrogens is 210 g/mol. The third-order valence-electron chi connectivity index (χ3n) is 1.95. The monoisotopic (exact) mass is 223 g/mol. The molecule has 1 heterocycles. The maximum Gasteiger partial charge on any atom is 0.267 e. The van der Waals surface area contributed by atoms with Crippen molar-refractivity contribution in [1.82, 2.24) is 15.6 Å². The van der Waals surface area contributed by atoms with Gasteiger partial charge in [-0.2, -0.15) is 0 Å². The zero-order valence-electron chi connectivity index (χ0n) is 8.66. The van der Waals surface area contributed by atoms with Crippen LogP contribution in [0.5, 0.6) is 0 Å². The summed E-state index contributed by atoms with van der Waals surface area (Å²) in [5, 5.41) is 5.14. The lowest BCUT2D eigenvalue weighted by atomic mass is 10.3. The van der Waals surface area contributed by atoms with Crippen LogP contribution in [-0.4, -0.2) is 36.7 Å². The molecule has 0 spiro atoms. The molecule has 1 rings (SSSR count). The van der Waals surface area contributed by atoms with Gasteiger partial charge in [0, 0.05) is 24.8 Å². The molecule has 1 aromatic rings. The smallest absolute Gasteiger partial charge is 0.267 e. The first kappa shape index (κ1) is 12.0. The maximum absolute atomic E-state index is 11.5. The van der Waals surface area contributed by atoms with E-state index in [1.165, 1.54) is 12.3 Å². The predicted molar refractivity (Wildman–Crippen MR) is 57.2 cm³/mol. The fourth-order valence-electron chi connectivity index (χ4n) is 1.16. The molecule has 86 valence electrons. The summed E-state index contributed by atoms with van der Waals surface area (Å²) < 4.78 is 0. The molecular formula is C10H13N3O3. The summed E-state index contributed by atoms with van der Waals surface area (Å²) >= 11 is 0. The van der Waals surface area contributed by atoms with Crippen LogP contribution in [0.15, 0.2) is 12.3 Å². The summed E-state index contributed by atoms with van der Waals surface area (Å²) in [5.41, 5.74) is 0.790. The molecule has 0 atom stereocenters. The van der Waals surface area contributed by atoms with Gasteiger partial charge in [-0.05, 0) is 12.5 Å². The van der Waals surface area contributed by atoms with Crippen LogP contribution in [0, 0.1) is 0 Å². The van der Waals surface area contributed by atoms with Gasteiger partial charge in [0.25, 0.3) is 5.91 Å². The van der Waals surface area contributed by atoms with Crippen molar-refractivity contribution < 1.29 is 14.4 Å². The molecule has 6 nitrogen and oxygen atoms in total. The van der Waals surface area contributed by atoms with Crippen molar-refractivity contribution in [1.29, 1.82) is 0 Å². The van der Waals surface area contributed by atoms with Crippen LogP contribution >= 0.6 is 0 Å². The lowest BCUT2D eigenvalue weighted by Crippen LogP contribution is -2.27. The Bertz CT molecular complexity index is 373. The summed E-state index contributed by atoms with van der Waals surface area (Å²) in [6.07, 6.45) is 3.41. The molecule has 0 bridgehead atoms. The number of aromatic nitrogens is 1. The van der Waals surface area contributed by atoms with Crippen molar-refractivity contribution in [3.8, 4) is 0 Å². The summed E-state index contributed by atoms with van der Waals surface area (Å²) in [5.74, 6) is -0.265. The molecule has 0 radical (unpaired) electrons. The van der Waals surface area contributed by atoms with E-state index in [9.17, 15) is 14.4 Å². The van der Waals surface area contributed by atoms with Crippen LogP contribution in [0.2, 0.25) is 0 Å². The number of aromatic amines is 1. The van der Waals surface area contributed by atoms with Crippen molar-refractivity contribution in [2.45, 2.75) is 6.42 Å². The van der Waals surface area contributed by atoms with Crippen LogP contribution in [0.3, 0.4) is 0 Å². The quantitative estimate of drug-likeness (QED) is 0.437. The second-order valence-electron chi connectivity index (χ2n) is 3.15. The number of carbonyl (C=O) groups is 3. The molecule has 6 heteroatoms. The van der Waals surface area contributed by atoms with E-state index in [0.29, 0.717) is 43.5 Å². The zero-order valence-corrected chi connectivity index (χ0v) is 8.66. The van der Waals surface area contributed by atoms with E-state index >= 15 is 0 Å².